The van der Waals surface area contributed by atoms with Crippen molar-refractivity contribution in [2.45, 2.75) is 13.0 Å². The molecule has 0 spiro atoms. The first-order valence-corrected chi connectivity index (χ1v) is 7.39. The molecule has 23 heavy (non-hydrogen) atoms. The highest BCUT2D eigenvalue weighted by atomic mass is 16.5. The fourth-order valence-electron chi connectivity index (χ4n) is 2.15. The first-order valence-electron chi connectivity index (χ1n) is 7.39. The Bertz CT molecular complexity index is 628. The number of carbonyl (C=O) groups excluding carboxylic acids is 1. The second-order valence-corrected chi connectivity index (χ2v) is 4.84. The lowest BCUT2D eigenvalue weighted by Crippen LogP contribution is -2.24. The number of hydrogen-bond donors (Lipinski definition) is 1. The molecule has 5 nitrogen and oxygen atoms in total. The van der Waals surface area contributed by atoms with E-state index in [4.69, 9.17) is 14.2 Å². The summed E-state index contributed by atoms with van der Waals surface area (Å²) in [6.07, 6.45) is 0.293. The molecule has 0 saturated carbocycles. The molecule has 0 bridgehead atoms. The zero-order valence-corrected chi connectivity index (χ0v) is 13.4. The van der Waals surface area contributed by atoms with Gasteiger partial charge in [-0.1, -0.05) is 30.3 Å². The van der Waals surface area contributed by atoms with Crippen LogP contribution in [0.15, 0.2) is 48.5 Å². The van der Waals surface area contributed by atoms with Gasteiger partial charge < -0.3 is 19.5 Å². The normalized spacial score (nSPS) is 10.0. The van der Waals surface area contributed by atoms with Gasteiger partial charge in [0.05, 0.1) is 27.2 Å². The Morgan fingerprint density at radius 1 is 1.00 bits per heavy atom. The summed E-state index contributed by atoms with van der Waals surface area (Å²) in [5, 5.41) is 2.86. The monoisotopic (exact) mass is 315 g/mol. The molecule has 0 radical (unpaired) electrons. The largest absolute Gasteiger partial charge is 0.493 e. The van der Waals surface area contributed by atoms with Crippen LogP contribution in [-0.2, 0) is 11.3 Å². The van der Waals surface area contributed by atoms with Crippen molar-refractivity contribution in [2.24, 2.45) is 0 Å². The van der Waals surface area contributed by atoms with Crippen LogP contribution in [0.4, 0.5) is 0 Å². The maximum Gasteiger partial charge on any atom is 0.223 e. The summed E-state index contributed by atoms with van der Waals surface area (Å²) in [6, 6.07) is 15.0. The molecule has 0 atom stereocenters. The average Bonchev–Trinajstić information content (AvgIpc) is 2.60. The second-order valence-electron chi connectivity index (χ2n) is 4.84. The van der Waals surface area contributed by atoms with E-state index < -0.39 is 0 Å². The maximum absolute atomic E-state index is 11.9. The maximum atomic E-state index is 11.9. The smallest absolute Gasteiger partial charge is 0.223 e. The van der Waals surface area contributed by atoms with Gasteiger partial charge in [-0.25, -0.2) is 0 Å². The number of carbonyl (C=O) groups is 1. The van der Waals surface area contributed by atoms with Crippen molar-refractivity contribution in [1.82, 2.24) is 5.32 Å². The molecule has 1 amide bonds. The van der Waals surface area contributed by atoms with Crippen LogP contribution < -0.4 is 19.5 Å². The summed E-state index contributed by atoms with van der Waals surface area (Å²) in [5.41, 5.74) is 0.865. The molecule has 0 saturated heterocycles. The number of benzene rings is 2. The summed E-state index contributed by atoms with van der Waals surface area (Å²) in [4.78, 5) is 11.9. The van der Waals surface area contributed by atoms with Gasteiger partial charge in [-0.2, -0.15) is 0 Å². The van der Waals surface area contributed by atoms with Crippen LogP contribution in [0.3, 0.4) is 0 Å². The van der Waals surface area contributed by atoms with E-state index in [-0.39, 0.29) is 5.91 Å². The van der Waals surface area contributed by atoms with Crippen molar-refractivity contribution in [3.8, 4) is 17.2 Å². The van der Waals surface area contributed by atoms with Gasteiger partial charge in [-0.15, -0.1) is 0 Å². The minimum atomic E-state index is -0.0780. The third-order valence-electron chi connectivity index (χ3n) is 3.30. The van der Waals surface area contributed by atoms with E-state index in [0.717, 1.165) is 11.3 Å². The van der Waals surface area contributed by atoms with Gasteiger partial charge in [0, 0.05) is 12.1 Å². The van der Waals surface area contributed by atoms with Crippen LogP contribution in [0.1, 0.15) is 12.0 Å². The molecule has 2 rings (SSSR count). The third kappa shape index (κ3) is 4.92. The molecule has 2 aromatic carbocycles. The van der Waals surface area contributed by atoms with Gasteiger partial charge >= 0.3 is 0 Å². The zero-order chi connectivity index (χ0) is 16.5. The Morgan fingerprint density at radius 2 is 1.78 bits per heavy atom. The van der Waals surface area contributed by atoms with Crippen molar-refractivity contribution in [3.05, 3.63) is 54.1 Å². The predicted molar refractivity (Wildman–Crippen MR) is 87.9 cm³/mol. The van der Waals surface area contributed by atoms with Crippen molar-refractivity contribution in [3.63, 3.8) is 0 Å². The lowest BCUT2D eigenvalue weighted by Gasteiger charge is -2.13. The summed E-state index contributed by atoms with van der Waals surface area (Å²) in [6.45, 7) is 0.718. The van der Waals surface area contributed by atoms with Crippen LogP contribution >= 0.6 is 0 Å². The van der Waals surface area contributed by atoms with Crippen LogP contribution in [0.25, 0.3) is 0 Å². The lowest BCUT2D eigenvalue weighted by atomic mass is 10.2. The molecule has 0 aromatic heterocycles. The van der Waals surface area contributed by atoms with E-state index in [9.17, 15) is 4.79 Å². The Hall–Kier alpha value is -2.69. The number of methoxy groups -OCH3 is 2. The highest BCUT2D eigenvalue weighted by Gasteiger charge is 2.10. The molecule has 5 heteroatoms. The summed E-state index contributed by atoms with van der Waals surface area (Å²) < 4.78 is 16.1. The minimum Gasteiger partial charge on any atom is -0.493 e. The summed E-state index contributed by atoms with van der Waals surface area (Å²) in [7, 11) is 3.16. The number of amides is 1. The van der Waals surface area contributed by atoms with Gasteiger partial charge in [0.2, 0.25) is 5.91 Å². The molecule has 0 aliphatic rings. The topological polar surface area (TPSA) is 56.8 Å². The molecule has 0 unspecified atom stereocenters. The Kier molecular flexibility index (Phi) is 6.29. The molecule has 122 valence electrons. The average molecular weight is 315 g/mol. The predicted octanol–water partition coefficient (Wildman–Crippen LogP) is 2.79. The fraction of sp³-hybridized carbons (Fsp3) is 0.278. The van der Waals surface area contributed by atoms with Gasteiger partial charge in [0.15, 0.2) is 11.5 Å². The van der Waals surface area contributed by atoms with E-state index in [1.807, 2.05) is 48.5 Å². The van der Waals surface area contributed by atoms with E-state index in [1.165, 1.54) is 0 Å². The molecule has 1 N–H and O–H groups in total. The number of nitrogens with one attached hydrogen (secondary N) is 1. The van der Waals surface area contributed by atoms with Gasteiger partial charge in [0.25, 0.3) is 0 Å². The first-order chi connectivity index (χ1) is 11.2. The van der Waals surface area contributed by atoms with Crippen LogP contribution in [0, 0.1) is 0 Å². The van der Waals surface area contributed by atoms with Crippen LogP contribution in [0.5, 0.6) is 17.2 Å². The lowest BCUT2D eigenvalue weighted by molar-refractivity contribution is -0.121. The second kappa shape index (κ2) is 8.68. The third-order valence-corrected chi connectivity index (χ3v) is 3.30. The van der Waals surface area contributed by atoms with E-state index in [1.54, 1.807) is 14.2 Å². The number of ether oxygens (including phenoxy) is 3. The molecule has 0 heterocycles. The van der Waals surface area contributed by atoms with Crippen molar-refractivity contribution in [1.29, 1.82) is 0 Å². The van der Waals surface area contributed by atoms with Crippen LogP contribution in [0.2, 0.25) is 0 Å². The van der Waals surface area contributed by atoms with E-state index >= 15 is 0 Å². The van der Waals surface area contributed by atoms with Crippen molar-refractivity contribution in [2.75, 3.05) is 20.8 Å². The van der Waals surface area contributed by atoms with E-state index in [0.29, 0.717) is 31.1 Å². The highest BCUT2D eigenvalue weighted by molar-refractivity contribution is 5.76. The molecular weight excluding hydrogens is 294 g/mol. The van der Waals surface area contributed by atoms with Crippen molar-refractivity contribution < 1.29 is 19.0 Å². The highest BCUT2D eigenvalue weighted by Crippen LogP contribution is 2.30. The minimum absolute atomic E-state index is 0.0780. The van der Waals surface area contributed by atoms with Gasteiger partial charge in [0.1, 0.15) is 5.75 Å². The Labute approximate surface area is 136 Å². The number of para-hydroxylation sites is 2. The molecule has 2 aromatic rings. The quantitative estimate of drug-likeness (QED) is 0.814. The van der Waals surface area contributed by atoms with Gasteiger partial charge in [-0.3, -0.25) is 4.79 Å². The number of hydrogen-bond acceptors (Lipinski definition) is 4. The SMILES string of the molecule is COc1cccc(CNC(=O)CCOc2ccccc2)c1OC. The van der Waals surface area contributed by atoms with Crippen molar-refractivity contribution >= 4 is 5.91 Å². The number of rotatable bonds is 8. The molecular formula is C18H21NO4. The fourth-order valence-corrected chi connectivity index (χ4v) is 2.15. The summed E-state index contributed by atoms with van der Waals surface area (Å²) in [5.74, 6) is 1.96. The Balaban J connectivity index is 1.80. The Morgan fingerprint density at radius 3 is 2.48 bits per heavy atom. The zero-order valence-electron chi connectivity index (χ0n) is 13.4. The first kappa shape index (κ1) is 16.7. The standard InChI is InChI=1S/C18H21NO4/c1-21-16-10-6-7-14(18(16)22-2)13-19-17(20)11-12-23-15-8-4-3-5-9-15/h3-10H,11-13H2,1-2H3,(H,19,20). The van der Waals surface area contributed by atoms with E-state index in [2.05, 4.69) is 5.32 Å². The molecule has 0 aliphatic heterocycles. The van der Waals surface area contributed by atoms with Gasteiger partial charge in [-0.05, 0) is 18.2 Å². The van der Waals surface area contributed by atoms with Crippen LogP contribution in [-0.4, -0.2) is 26.7 Å². The molecule has 0 fully saturated rings. The summed E-state index contributed by atoms with van der Waals surface area (Å²) >= 11 is 0. The molecule has 0 aliphatic carbocycles.